The van der Waals surface area contributed by atoms with E-state index in [0.29, 0.717) is 13.1 Å². The highest BCUT2D eigenvalue weighted by atomic mass is 16.5. The smallest absolute Gasteiger partial charge is 0.318 e. The maximum absolute atomic E-state index is 12.6. The van der Waals surface area contributed by atoms with Crippen molar-refractivity contribution < 1.29 is 14.3 Å². The van der Waals surface area contributed by atoms with E-state index in [4.69, 9.17) is 10.5 Å². The van der Waals surface area contributed by atoms with Crippen LogP contribution >= 0.6 is 0 Å². The number of benzene rings is 2. The van der Waals surface area contributed by atoms with Crippen LogP contribution in [0.15, 0.2) is 54.6 Å². The minimum atomic E-state index is -0.837. The Kier molecular flexibility index (Phi) is 5.93. The van der Waals surface area contributed by atoms with Crippen LogP contribution in [0.1, 0.15) is 11.6 Å². The van der Waals surface area contributed by atoms with E-state index < -0.39 is 18.0 Å². The molecule has 0 spiro atoms. The minimum absolute atomic E-state index is 0.400. The number of piperazine rings is 1. The summed E-state index contributed by atoms with van der Waals surface area (Å²) in [6.07, 6.45) is 0. The molecule has 0 aromatic heterocycles. The van der Waals surface area contributed by atoms with E-state index in [0.717, 1.165) is 30.1 Å². The third-order valence-electron chi connectivity index (χ3n) is 4.71. The number of methoxy groups -OCH3 is 1. The van der Waals surface area contributed by atoms with Gasteiger partial charge in [-0.1, -0.05) is 36.4 Å². The average molecular weight is 368 g/mol. The van der Waals surface area contributed by atoms with Gasteiger partial charge in [0.05, 0.1) is 7.11 Å². The number of anilines is 1. The van der Waals surface area contributed by atoms with Gasteiger partial charge < -0.3 is 15.4 Å². The summed E-state index contributed by atoms with van der Waals surface area (Å²) >= 11 is 0. The number of urea groups is 1. The maximum Gasteiger partial charge on any atom is 0.318 e. The lowest BCUT2D eigenvalue weighted by molar-refractivity contribution is -0.125. The number of hydrogen-bond acceptors (Lipinski definition) is 5. The fourth-order valence-electron chi connectivity index (χ4n) is 3.40. The fraction of sp³-hybridized carbons (Fsp3) is 0.300. The fourth-order valence-corrected chi connectivity index (χ4v) is 3.40. The van der Waals surface area contributed by atoms with Crippen molar-refractivity contribution in [2.45, 2.75) is 6.04 Å². The van der Waals surface area contributed by atoms with Crippen molar-refractivity contribution in [3.8, 4) is 5.75 Å². The number of nitrogens with one attached hydrogen (secondary N) is 1. The molecule has 2 aromatic carbocycles. The van der Waals surface area contributed by atoms with Crippen molar-refractivity contribution >= 4 is 17.6 Å². The van der Waals surface area contributed by atoms with E-state index in [-0.39, 0.29) is 0 Å². The van der Waals surface area contributed by atoms with Gasteiger partial charge in [-0.2, -0.15) is 0 Å². The molecule has 3 rings (SSSR count). The molecule has 0 bridgehead atoms. The second-order valence-electron chi connectivity index (χ2n) is 6.39. The molecule has 1 fully saturated rings. The summed E-state index contributed by atoms with van der Waals surface area (Å²) in [4.78, 5) is 28.1. The lowest BCUT2D eigenvalue weighted by Gasteiger charge is -2.39. The Bertz CT molecular complexity index is 789. The largest absolute Gasteiger partial charge is 0.497 e. The number of carbonyl (C=O) groups is 2. The van der Waals surface area contributed by atoms with Gasteiger partial charge in [0.15, 0.2) is 0 Å². The Hall–Kier alpha value is -3.06. The first kappa shape index (κ1) is 18.7. The summed E-state index contributed by atoms with van der Waals surface area (Å²) in [5.74, 6) is 0.418. The molecule has 0 aliphatic carbocycles. The highest BCUT2D eigenvalue weighted by Crippen LogP contribution is 2.26. The summed E-state index contributed by atoms with van der Waals surface area (Å²) in [5, 5.41) is 2.22. The molecule has 2 aromatic rings. The van der Waals surface area contributed by atoms with Gasteiger partial charge in [0.1, 0.15) is 11.8 Å². The van der Waals surface area contributed by atoms with E-state index in [1.54, 1.807) is 7.11 Å². The van der Waals surface area contributed by atoms with Crippen molar-refractivity contribution in [3.05, 3.63) is 60.2 Å². The predicted molar refractivity (Wildman–Crippen MR) is 104 cm³/mol. The first-order chi connectivity index (χ1) is 13.1. The Morgan fingerprint density at radius 1 is 1.04 bits per heavy atom. The number of rotatable bonds is 5. The molecule has 142 valence electrons. The molecule has 3 amide bonds. The topological polar surface area (TPSA) is 87.9 Å². The summed E-state index contributed by atoms with van der Waals surface area (Å²) < 4.78 is 5.30. The van der Waals surface area contributed by atoms with Crippen LogP contribution in [0.2, 0.25) is 0 Å². The van der Waals surface area contributed by atoms with E-state index in [1.165, 1.54) is 0 Å². The monoisotopic (exact) mass is 368 g/mol. The lowest BCUT2D eigenvalue weighted by atomic mass is 10.0. The van der Waals surface area contributed by atoms with Crippen LogP contribution in [0.25, 0.3) is 0 Å². The molecule has 1 saturated heterocycles. The van der Waals surface area contributed by atoms with Crippen LogP contribution in [0.3, 0.4) is 0 Å². The number of carbonyl (C=O) groups excluding carboxylic acids is 2. The highest BCUT2D eigenvalue weighted by Gasteiger charge is 2.31. The Morgan fingerprint density at radius 3 is 2.37 bits per heavy atom. The zero-order chi connectivity index (χ0) is 19.2. The van der Waals surface area contributed by atoms with Gasteiger partial charge in [-0.15, -0.1) is 0 Å². The number of amides is 3. The molecule has 1 atom stereocenters. The molecule has 1 heterocycles. The minimum Gasteiger partial charge on any atom is -0.497 e. The second kappa shape index (κ2) is 8.55. The summed E-state index contributed by atoms with van der Waals surface area (Å²) in [7, 11) is 1.65. The number of primary amides is 1. The molecule has 3 N–H and O–H groups in total. The van der Waals surface area contributed by atoms with E-state index in [1.807, 2.05) is 54.6 Å². The summed E-state index contributed by atoms with van der Waals surface area (Å²) in [6, 6.07) is 16.0. The SMILES string of the molecule is COc1cccc(N2CCN([C@H](C(=O)NC(N)=O)c3ccccc3)CC2)c1. The van der Waals surface area contributed by atoms with Gasteiger partial charge in [0.25, 0.3) is 0 Å². The van der Waals surface area contributed by atoms with Crippen LogP contribution in [0.4, 0.5) is 10.5 Å². The number of nitrogens with zero attached hydrogens (tertiary/aromatic N) is 2. The highest BCUT2D eigenvalue weighted by molar-refractivity contribution is 5.96. The molecule has 0 unspecified atom stereocenters. The molecule has 27 heavy (non-hydrogen) atoms. The van der Waals surface area contributed by atoms with Gasteiger partial charge >= 0.3 is 6.03 Å². The molecular formula is C20H24N4O3. The van der Waals surface area contributed by atoms with Crippen LogP contribution < -0.4 is 20.7 Å². The number of nitrogens with two attached hydrogens (primary N) is 1. The Balaban J connectivity index is 1.74. The third-order valence-corrected chi connectivity index (χ3v) is 4.71. The molecule has 1 aliphatic rings. The standard InChI is InChI=1S/C20H24N4O3/c1-27-17-9-5-8-16(14-17)23-10-12-24(13-11-23)18(19(25)22-20(21)26)15-6-3-2-4-7-15/h2-9,14,18H,10-13H2,1H3,(H3,21,22,25,26)/t18-/m0/s1. The summed E-state index contributed by atoms with van der Waals surface area (Å²) in [5.41, 5.74) is 7.08. The first-order valence-electron chi connectivity index (χ1n) is 8.87. The molecule has 7 nitrogen and oxygen atoms in total. The van der Waals surface area contributed by atoms with Crippen LogP contribution in [-0.2, 0) is 4.79 Å². The van der Waals surface area contributed by atoms with Crippen molar-refractivity contribution in [3.63, 3.8) is 0 Å². The molecule has 7 heteroatoms. The predicted octanol–water partition coefficient (Wildman–Crippen LogP) is 1.75. The Labute approximate surface area is 158 Å². The quantitative estimate of drug-likeness (QED) is 0.840. The first-order valence-corrected chi connectivity index (χ1v) is 8.87. The number of imide groups is 1. The van der Waals surface area contributed by atoms with Crippen molar-refractivity contribution in [1.29, 1.82) is 0 Å². The van der Waals surface area contributed by atoms with E-state index in [2.05, 4.69) is 15.1 Å². The Morgan fingerprint density at radius 2 is 1.74 bits per heavy atom. The third kappa shape index (κ3) is 4.57. The second-order valence-corrected chi connectivity index (χ2v) is 6.39. The number of ether oxygens (including phenoxy) is 1. The molecule has 1 aliphatic heterocycles. The zero-order valence-corrected chi connectivity index (χ0v) is 15.3. The van der Waals surface area contributed by atoms with Gasteiger partial charge in [-0.3, -0.25) is 15.0 Å². The van der Waals surface area contributed by atoms with Crippen LogP contribution in [-0.4, -0.2) is 50.1 Å². The van der Waals surface area contributed by atoms with E-state index >= 15 is 0 Å². The van der Waals surface area contributed by atoms with Gasteiger partial charge in [0, 0.05) is 37.9 Å². The van der Waals surface area contributed by atoms with Crippen LogP contribution in [0, 0.1) is 0 Å². The van der Waals surface area contributed by atoms with Gasteiger partial charge in [0.2, 0.25) is 5.91 Å². The number of hydrogen-bond donors (Lipinski definition) is 2. The lowest BCUT2D eigenvalue weighted by Crippen LogP contribution is -2.52. The zero-order valence-electron chi connectivity index (χ0n) is 15.3. The van der Waals surface area contributed by atoms with Crippen molar-refractivity contribution in [2.75, 3.05) is 38.2 Å². The molecule has 0 radical (unpaired) electrons. The average Bonchev–Trinajstić information content (AvgIpc) is 2.69. The van der Waals surface area contributed by atoms with Crippen LogP contribution in [0.5, 0.6) is 5.75 Å². The maximum atomic E-state index is 12.6. The molecular weight excluding hydrogens is 344 g/mol. The van der Waals surface area contributed by atoms with Crippen molar-refractivity contribution in [2.24, 2.45) is 5.73 Å². The van der Waals surface area contributed by atoms with E-state index in [9.17, 15) is 9.59 Å². The van der Waals surface area contributed by atoms with Crippen molar-refractivity contribution in [1.82, 2.24) is 10.2 Å². The molecule has 0 saturated carbocycles. The summed E-state index contributed by atoms with van der Waals surface area (Å²) in [6.45, 7) is 2.90. The normalized spacial score (nSPS) is 15.8. The van der Waals surface area contributed by atoms with Gasteiger partial charge in [-0.05, 0) is 17.7 Å². The van der Waals surface area contributed by atoms with Gasteiger partial charge in [-0.25, -0.2) is 4.79 Å².